The third kappa shape index (κ3) is 14.7. The van der Waals surface area contributed by atoms with Crippen molar-refractivity contribution >= 4 is 21.6 Å². The van der Waals surface area contributed by atoms with Gasteiger partial charge in [0.1, 0.15) is 0 Å². The number of hydrogen-bond donors (Lipinski definition) is 1. The van der Waals surface area contributed by atoms with Gasteiger partial charge in [-0.05, 0) is 92.4 Å². The summed E-state index contributed by atoms with van der Waals surface area (Å²) in [5.41, 5.74) is 0.422. The molecular weight excluding hydrogens is 523 g/mol. The molecule has 7 unspecified atom stereocenters. The van der Waals surface area contributed by atoms with Crippen LogP contribution in [0, 0.1) is 46.8 Å². The molecule has 1 N–H and O–H groups in total. The van der Waals surface area contributed by atoms with Gasteiger partial charge < -0.3 is 5.32 Å². The summed E-state index contributed by atoms with van der Waals surface area (Å²) >= 11 is 0. The van der Waals surface area contributed by atoms with Gasteiger partial charge in [-0.3, -0.25) is 0 Å². The molecule has 1 fully saturated rings. The van der Waals surface area contributed by atoms with Gasteiger partial charge in [-0.15, -0.1) is 6.58 Å². The van der Waals surface area contributed by atoms with Crippen molar-refractivity contribution in [3.63, 3.8) is 0 Å². The monoisotopic (exact) mass is 596 g/mol. The van der Waals surface area contributed by atoms with E-state index in [0.29, 0.717) is 5.41 Å². The maximum absolute atomic E-state index is 4.25. The highest BCUT2D eigenvalue weighted by atomic mass is 33.1. The largest absolute Gasteiger partial charge is 0.319 e. The summed E-state index contributed by atoms with van der Waals surface area (Å²) in [5.74, 6) is 7.31. The molecule has 0 bridgehead atoms. The summed E-state index contributed by atoms with van der Waals surface area (Å²) in [5, 5.41) is 4.08. The van der Waals surface area contributed by atoms with Crippen LogP contribution in [0.3, 0.4) is 0 Å². The van der Waals surface area contributed by atoms with Gasteiger partial charge in [0.05, 0.1) is 0 Å². The minimum Gasteiger partial charge on any atom is -0.319 e. The lowest BCUT2D eigenvalue weighted by Crippen LogP contribution is -2.41. The summed E-state index contributed by atoms with van der Waals surface area (Å²) in [4.78, 5) is 0. The molecule has 1 nitrogen and oxygen atoms in total. The van der Waals surface area contributed by atoms with E-state index in [0.717, 1.165) is 53.2 Å². The van der Waals surface area contributed by atoms with Crippen LogP contribution in [0.4, 0.5) is 0 Å². The Balaban J connectivity index is 2.69. The van der Waals surface area contributed by atoms with Crippen molar-refractivity contribution in [1.82, 2.24) is 5.32 Å². The molecule has 0 aliphatic heterocycles. The first-order valence-corrected chi connectivity index (χ1v) is 20.0. The second kappa shape index (κ2) is 22.0. The zero-order valence-corrected chi connectivity index (χ0v) is 30.4. The topological polar surface area (TPSA) is 12.0 Å². The van der Waals surface area contributed by atoms with E-state index in [-0.39, 0.29) is 0 Å². The van der Waals surface area contributed by atoms with Crippen LogP contribution in [-0.4, -0.2) is 24.6 Å². The first-order chi connectivity index (χ1) is 19.1. The molecule has 0 radical (unpaired) electrons. The van der Waals surface area contributed by atoms with Crippen molar-refractivity contribution in [2.75, 3.05) is 19.3 Å². The van der Waals surface area contributed by atoms with E-state index >= 15 is 0 Å². The zero-order valence-electron chi connectivity index (χ0n) is 28.7. The first-order valence-electron chi connectivity index (χ1n) is 17.6. The number of nitrogens with one attached hydrogen (secondary N) is 1. The quantitative estimate of drug-likeness (QED) is 0.0677. The Morgan fingerprint density at radius 1 is 0.925 bits per heavy atom. The second-order valence-electron chi connectivity index (χ2n) is 14.7. The van der Waals surface area contributed by atoms with Crippen LogP contribution in [0.5, 0.6) is 0 Å². The molecule has 1 aliphatic carbocycles. The molecule has 0 heterocycles. The fraction of sp³-hybridized carbons (Fsp3) is 0.946. The molecule has 1 saturated carbocycles. The molecular formula is C37H73NS2. The fourth-order valence-electron chi connectivity index (χ4n) is 7.86. The Labute approximate surface area is 261 Å². The molecule has 7 atom stereocenters. The Morgan fingerprint density at radius 2 is 1.65 bits per heavy atom. The van der Waals surface area contributed by atoms with Crippen LogP contribution >= 0.6 is 21.6 Å². The molecule has 1 aliphatic rings. The Hall–Kier alpha value is 0.400. The third-order valence-corrected chi connectivity index (χ3v) is 13.8. The molecule has 0 aromatic carbocycles. The highest BCUT2D eigenvalue weighted by Crippen LogP contribution is 2.52. The van der Waals surface area contributed by atoms with E-state index in [2.05, 4.69) is 102 Å². The van der Waals surface area contributed by atoms with Crippen LogP contribution in [0.2, 0.25) is 0 Å². The van der Waals surface area contributed by atoms with Crippen molar-refractivity contribution in [2.45, 2.75) is 157 Å². The predicted octanol–water partition coefficient (Wildman–Crippen LogP) is 12.5. The van der Waals surface area contributed by atoms with Gasteiger partial charge in [0, 0.05) is 17.5 Å². The predicted molar refractivity (Wildman–Crippen MR) is 189 cm³/mol. The van der Waals surface area contributed by atoms with E-state index in [1.165, 1.54) is 102 Å². The van der Waals surface area contributed by atoms with Crippen molar-refractivity contribution in [3.05, 3.63) is 12.7 Å². The van der Waals surface area contributed by atoms with E-state index in [4.69, 9.17) is 0 Å². The van der Waals surface area contributed by atoms with Crippen molar-refractivity contribution in [3.8, 4) is 0 Å². The van der Waals surface area contributed by atoms with Crippen LogP contribution in [-0.2, 0) is 0 Å². The summed E-state index contributed by atoms with van der Waals surface area (Å²) < 4.78 is 0. The Kier molecular flexibility index (Phi) is 21.1. The lowest BCUT2D eigenvalue weighted by atomic mass is 9.56. The highest BCUT2D eigenvalue weighted by Gasteiger charge is 2.43. The molecule has 3 heteroatoms. The number of hydrogen-bond acceptors (Lipinski definition) is 3. The summed E-state index contributed by atoms with van der Waals surface area (Å²) in [6.07, 6.45) is 23.2. The first kappa shape index (κ1) is 38.4. The van der Waals surface area contributed by atoms with E-state index in [1.54, 1.807) is 0 Å². The maximum atomic E-state index is 4.25. The molecule has 0 amide bonds. The van der Waals surface area contributed by atoms with Gasteiger partial charge in [-0.25, -0.2) is 0 Å². The molecule has 0 aromatic rings. The maximum Gasteiger partial charge on any atom is 0.0162 e. The minimum atomic E-state index is 0.422. The lowest BCUT2D eigenvalue weighted by molar-refractivity contribution is 0.0103. The van der Waals surface area contributed by atoms with E-state index in [9.17, 15) is 0 Å². The molecule has 0 spiro atoms. The molecule has 238 valence electrons. The SMILES string of the molecule is C=CCC1C(CCCC(CC)C(C)CCCCCC(C)C)C(C)CCC1C(C)(C)CCC(CC)SSCCNC. The van der Waals surface area contributed by atoms with Crippen molar-refractivity contribution in [1.29, 1.82) is 0 Å². The lowest BCUT2D eigenvalue weighted by Gasteiger charge is -2.49. The molecule has 0 saturated heterocycles. The van der Waals surface area contributed by atoms with Gasteiger partial charge in [0.2, 0.25) is 0 Å². The minimum absolute atomic E-state index is 0.422. The van der Waals surface area contributed by atoms with Crippen LogP contribution in [0.25, 0.3) is 0 Å². The average Bonchev–Trinajstić information content (AvgIpc) is 2.91. The van der Waals surface area contributed by atoms with Gasteiger partial charge in [-0.2, -0.15) is 0 Å². The molecule has 1 rings (SSSR count). The van der Waals surface area contributed by atoms with Crippen LogP contribution in [0.1, 0.15) is 152 Å². The van der Waals surface area contributed by atoms with Crippen molar-refractivity contribution in [2.24, 2.45) is 46.8 Å². The summed E-state index contributed by atoms with van der Waals surface area (Å²) in [7, 11) is 6.27. The number of rotatable bonds is 24. The van der Waals surface area contributed by atoms with Crippen molar-refractivity contribution < 1.29 is 0 Å². The number of unbranched alkanes of at least 4 members (excludes halogenated alkanes) is 2. The van der Waals surface area contributed by atoms with Crippen LogP contribution < -0.4 is 5.32 Å². The normalized spacial score (nSPS) is 24.2. The standard InChI is InChI=1S/C37H73NS2/c1-11-18-35-34(22-17-21-32(12-2)30(6)20-16-14-15-19-29(4)5)31(7)23-24-36(35)37(8,9)26-25-33(13-3)40-39-28-27-38-10/h11,29-36,38H,1,12-28H2,2-10H3. The fourth-order valence-corrected chi connectivity index (χ4v) is 10.6. The van der Waals surface area contributed by atoms with E-state index < -0.39 is 0 Å². The smallest absolute Gasteiger partial charge is 0.0162 e. The Morgan fingerprint density at radius 3 is 2.27 bits per heavy atom. The van der Waals surface area contributed by atoms with Gasteiger partial charge in [0.15, 0.2) is 0 Å². The zero-order chi connectivity index (χ0) is 30.0. The van der Waals surface area contributed by atoms with Gasteiger partial charge in [0.25, 0.3) is 0 Å². The van der Waals surface area contributed by atoms with E-state index in [1.807, 2.05) is 0 Å². The summed E-state index contributed by atoms with van der Waals surface area (Å²) in [6.45, 7) is 25.3. The third-order valence-electron chi connectivity index (χ3n) is 10.8. The average molecular weight is 596 g/mol. The highest BCUT2D eigenvalue weighted by molar-refractivity contribution is 8.76. The Bertz CT molecular complexity index is 617. The summed E-state index contributed by atoms with van der Waals surface area (Å²) in [6, 6.07) is 0. The second-order valence-corrected chi connectivity index (χ2v) is 17.5. The number of allylic oxidation sites excluding steroid dienone is 1. The van der Waals surface area contributed by atoms with Gasteiger partial charge >= 0.3 is 0 Å². The van der Waals surface area contributed by atoms with Gasteiger partial charge in [-0.1, -0.05) is 141 Å². The van der Waals surface area contributed by atoms with Crippen LogP contribution in [0.15, 0.2) is 12.7 Å². The molecule has 40 heavy (non-hydrogen) atoms. The molecule has 0 aromatic heterocycles.